The van der Waals surface area contributed by atoms with Crippen LogP contribution >= 0.6 is 0 Å². The summed E-state index contributed by atoms with van der Waals surface area (Å²) in [5, 5.41) is 9.03. The second-order valence-electron chi connectivity index (χ2n) is 3.58. The highest BCUT2D eigenvalue weighted by molar-refractivity contribution is 5.23. The summed E-state index contributed by atoms with van der Waals surface area (Å²) in [4.78, 5) is 0. The van der Waals surface area contributed by atoms with Crippen molar-refractivity contribution in [2.24, 2.45) is 0 Å². The van der Waals surface area contributed by atoms with Crippen molar-refractivity contribution in [3.8, 4) is 0 Å². The molecule has 1 unspecified atom stereocenters. The molecule has 0 aromatic rings. The highest BCUT2D eigenvalue weighted by Gasteiger charge is 1.95. The Morgan fingerprint density at radius 1 is 1.22 bits per heavy atom. The Labute approximate surface area is 110 Å². The van der Waals surface area contributed by atoms with E-state index in [-0.39, 0.29) is 12.7 Å². The third-order valence-electron chi connectivity index (χ3n) is 2.05. The molecule has 0 radical (unpaired) electrons. The largest absolute Gasteiger partial charge is 0.392 e. The fourth-order valence-electron chi connectivity index (χ4n) is 1.11. The topological polar surface area (TPSA) is 29.5 Å². The van der Waals surface area contributed by atoms with Crippen LogP contribution in [0.1, 0.15) is 6.92 Å². The van der Waals surface area contributed by atoms with Crippen LogP contribution in [-0.4, -0.2) is 24.4 Å². The van der Waals surface area contributed by atoms with Gasteiger partial charge in [0.1, 0.15) is 0 Å². The molecule has 0 fully saturated rings. The molecule has 98 valence electrons. The van der Waals surface area contributed by atoms with Crippen LogP contribution < -0.4 is 0 Å². The molecule has 2 nitrogen and oxygen atoms in total. The lowest BCUT2D eigenvalue weighted by molar-refractivity contribution is 0.123. The fraction of sp³-hybridized carbons (Fsp3) is 0.250. The molecule has 0 rings (SSSR count). The Kier molecular flexibility index (Phi) is 10.8. The van der Waals surface area contributed by atoms with Gasteiger partial charge in [0.05, 0.1) is 19.3 Å². The number of aliphatic hydroxyl groups is 1. The molecule has 2 heteroatoms. The standard InChI is InChI=1S/C16H22O2/c1-4-6-7-8-9-13-18-15(3)11-12-16(14-17)10-5-2/h4-12,15,17H,1-2,13-14H2,3H3/b7-6-,9-8-,12-11-,16-10+. The van der Waals surface area contributed by atoms with E-state index >= 15 is 0 Å². The Morgan fingerprint density at radius 3 is 2.61 bits per heavy atom. The van der Waals surface area contributed by atoms with Gasteiger partial charge in [0.2, 0.25) is 0 Å². The van der Waals surface area contributed by atoms with Crippen LogP contribution in [0.3, 0.4) is 0 Å². The number of hydrogen-bond acceptors (Lipinski definition) is 2. The van der Waals surface area contributed by atoms with Crippen LogP contribution in [0.4, 0.5) is 0 Å². The van der Waals surface area contributed by atoms with Gasteiger partial charge in [0, 0.05) is 0 Å². The zero-order valence-electron chi connectivity index (χ0n) is 11.0. The summed E-state index contributed by atoms with van der Waals surface area (Å²) < 4.78 is 5.53. The average Bonchev–Trinajstić information content (AvgIpc) is 2.38. The van der Waals surface area contributed by atoms with Gasteiger partial charge in [-0.05, 0) is 12.5 Å². The van der Waals surface area contributed by atoms with E-state index in [0.29, 0.717) is 6.61 Å². The molecule has 0 aromatic heterocycles. The third kappa shape index (κ3) is 9.58. The fourth-order valence-corrected chi connectivity index (χ4v) is 1.11. The van der Waals surface area contributed by atoms with Gasteiger partial charge in [-0.25, -0.2) is 0 Å². The molecule has 0 aliphatic heterocycles. The van der Waals surface area contributed by atoms with Crippen molar-refractivity contribution in [2.45, 2.75) is 13.0 Å². The van der Waals surface area contributed by atoms with Gasteiger partial charge in [-0.2, -0.15) is 0 Å². The van der Waals surface area contributed by atoms with E-state index in [4.69, 9.17) is 9.84 Å². The monoisotopic (exact) mass is 246 g/mol. The first kappa shape index (κ1) is 16.4. The van der Waals surface area contributed by atoms with Crippen molar-refractivity contribution in [2.75, 3.05) is 13.2 Å². The van der Waals surface area contributed by atoms with Crippen molar-refractivity contribution in [1.82, 2.24) is 0 Å². The van der Waals surface area contributed by atoms with Crippen LogP contribution in [0.25, 0.3) is 0 Å². The molecule has 0 saturated heterocycles. The maximum Gasteiger partial charge on any atom is 0.0735 e. The molecule has 0 aliphatic carbocycles. The number of allylic oxidation sites excluding steroid dienone is 6. The van der Waals surface area contributed by atoms with Crippen LogP contribution in [0.5, 0.6) is 0 Å². The van der Waals surface area contributed by atoms with Gasteiger partial charge >= 0.3 is 0 Å². The predicted molar refractivity (Wildman–Crippen MR) is 78.4 cm³/mol. The van der Waals surface area contributed by atoms with Crippen molar-refractivity contribution in [1.29, 1.82) is 0 Å². The van der Waals surface area contributed by atoms with Crippen molar-refractivity contribution >= 4 is 0 Å². The zero-order valence-corrected chi connectivity index (χ0v) is 11.0. The molecule has 1 atom stereocenters. The quantitative estimate of drug-likeness (QED) is 0.632. The second kappa shape index (κ2) is 11.8. The first-order chi connectivity index (χ1) is 8.74. The van der Waals surface area contributed by atoms with Gasteiger partial charge < -0.3 is 9.84 Å². The molecular weight excluding hydrogens is 224 g/mol. The highest BCUT2D eigenvalue weighted by atomic mass is 16.5. The number of ether oxygens (including phenoxy) is 1. The summed E-state index contributed by atoms with van der Waals surface area (Å²) in [7, 11) is 0. The smallest absolute Gasteiger partial charge is 0.0735 e. The van der Waals surface area contributed by atoms with Crippen LogP contribution in [0, 0.1) is 0 Å². The lowest BCUT2D eigenvalue weighted by atomic mass is 10.2. The lowest BCUT2D eigenvalue weighted by Crippen LogP contribution is -2.04. The Bertz CT molecular complexity index is 346. The molecule has 18 heavy (non-hydrogen) atoms. The summed E-state index contributed by atoms with van der Waals surface area (Å²) >= 11 is 0. The molecule has 0 heterocycles. The maximum absolute atomic E-state index is 9.03. The normalized spacial score (nSPS) is 14.7. The van der Waals surface area contributed by atoms with E-state index < -0.39 is 0 Å². The molecule has 0 amide bonds. The van der Waals surface area contributed by atoms with Gasteiger partial charge in [-0.3, -0.25) is 0 Å². The van der Waals surface area contributed by atoms with E-state index in [1.54, 1.807) is 18.2 Å². The highest BCUT2D eigenvalue weighted by Crippen LogP contribution is 2.00. The summed E-state index contributed by atoms with van der Waals surface area (Å²) in [6, 6.07) is 0. The van der Waals surface area contributed by atoms with E-state index in [2.05, 4.69) is 13.2 Å². The molecular formula is C16H22O2. The molecule has 1 N–H and O–H groups in total. The lowest BCUT2D eigenvalue weighted by Gasteiger charge is -2.06. The summed E-state index contributed by atoms with van der Waals surface area (Å²) in [5.74, 6) is 0. The summed E-state index contributed by atoms with van der Waals surface area (Å²) in [5.41, 5.74) is 0.810. The minimum Gasteiger partial charge on any atom is -0.392 e. The number of rotatable bonds is 9. The van der Waals surface area contributed by atoms with Crippen LogP contribution in [0.2, 0.25) is 0 Å². The number of aliphatic hydroxyl groups excluding tert-OH is 1. The van der Waals surface area contributed by atoms with E-state index in [1.807, 2.05) is 43.4 Å². The molecule has 0 aliphatic rings. The molecule has 0 saturated carbocycles. The Morgan fingerprint density at radius 2 is 2.00 bits per heavy atom. The van der Waals surface area contributed by atoms with Crippen molar-refractivity contribution < 1.29 is 9.84 Å². The first-order valence-electron chi connectivity index (χ1n) is 5.91. The van der Waals surface area contributed by atoms with Gasteiger partial charge in [-0.1, -0.05) is 67.8 Å². The molecule has 0 aromatic carbocycles. The van der Waals surface area contributed by atoms with Gasteiger partial charge in [-0.15, -0.1) is 0 Å². The maximum atomic E-state index is 9.03. The van der Waals surface area contributed by atoms with E-state index in [1.165, 1.54) is 0 Å². The van der Waals surface area contributed by atoms with E-state index in [0.717, 1.165) is 5.57 Å². The number of hydrogen-bond donors (Lipinski definition) is 1. The third-order valence-corrected chi connectivity index (χ3v) is 2.05. The zero-order chi connectivity index (χ0) is 13.6. The summed E-state index contributed by atoms with van der Waals surface area (Å²) in [6.07, 6.45) is 16.5. The van der Waals surface area contributed by atoms with Crippen LogP contribution in [-0.2, 0) is 4.74 Å². The van der Waals surface area contributed by atoms with Crippen molar-refractivity contribution in [3.05, 3.63) is 73.4 Å². The Balaban J connectivity index is 3.99. The minimum absolute atomic E-state index is 0.00148. The Hall–Kier alpha value is -1.64. The SMILES string of the molecule is C=C/C=C\C=C/COC(C)/C=C\C(=C/C=C)CO. The van der Waals surface area contributed by atoms with Gasteiger partial charge in [0.25, 0.3) is 0 Å². The first-order valence-corrected chi connectivity index (χ1v) is 5.91. The second-order valence-corrected chi connectivity index (χ2v) is 3.58. The average molecular weight is 246 g/mol. The predicted octanol–water partition coefficient (Wildman–Crippen LogP) is 3.35. The molecule has 0 spiro atoms. The van der Waals surface area contributed by atoms with E-state index in [9.17, 15) is 0 Å². The van der Waals surface area contributed by atoms with Crippen LogP contribution in [0.15, 0.2) is 73.4 Å². The molecule has 0 bridgehead atoms. The van der Waals surface area contributed by atoms with Crippen molar-refractivity contribution in [3.63, 3.8) is 0 Å². The van der Waals surface area contributed by atoms with Gasteiger partial charge in [0.15, 0.2) is 0 Å². The minimum atomic E-state index is -0.00204. The summed E-state index contributed by atoms with van der Waals surface area (Å²) in [6.45, 7) is 9.66.